The van der Waals surface area contributed by atoms with Crippen molar-refractivity contribution >= 4 is 23.4 Å². The molecule has 0 saturated carbocycles. The summed E-state index contributed by atoms with van der Waals surface area (Å²) in [6, 6.07) is 11.1. The predicted octanol–water partition coefficient (Wildman–Crippen LogP) is 1.70. The van der Waals surface area contributed by atoms with Crippen LogP contribution in [0.25, 0.3) is 0 Å². The van der Waals surface area contributed by atoms with Gasteiger partial charge in [0, 0.05) is 5.56 Å². The summed E-state index contributed by atoms with van der Waals surface area (Å²) in [6.07, 6.45) is -0.0929. The number of benzene rings is 2. The Kier molecular flexibility index (Phi) is 4.58. The number of hydrazine groups is 1. The zero-order valence-electron chi connectivity index (χ0n) is 13.5. The second kappa shape index (κ2) is 6.82. The SMILES string of the molecule is Cc1ccc(C(=O)NN[C@@H]2CC(=O)N(c3ccc(F)cc3)C2=O)cc1. The van der Waals surface area contributed by atoms with Crippen LogP contribution >= 0.6 is 0 Å². The Morgan fingerprint density at radius 2 is 1.72 bits per heavy atom. The number of halogens is 1. The summed E-state index contributed by atoms with van der Waals surface area (Å²) in [5, 5.41) is 0. The highest BCUT2D eigenvalue weighted by Gasteiger charge is 2.39. The molecule has 1 saturated heterocycles. The van der Waals surface area contributed by atoms with Crippen molar-refractivity contribution in [3.63, 3.8) is 0 Å². The molecule has 25 heavy (non-hydrogen) atoms. The van der Waals surface area contributed by atoms with Crippen LogP contribution in [0.15, 0.2) is 48.5 Å². The lowest BCUT2D eigenvalue weighted by molar-refractivity contribution is -0.121. The number of aryl methyl sites for hydroxylation is 1. The lowest BCUT2D eigenvalue weighted by atomic mass is 10.1. The highest BCUT2D eigenvalue weighted by Crippen LogP contribution is 2.22. The number of nitrogens with one attached hydrogen (secondary N) is 2. The van der Waals surface area contributed by atoms with Gasteiger partial charge in [-0.3, -0.25) is 19.8 Å². The average molecular weight is 341 g/mol. The number of anilines is 1. The molecule has 128 valence electrons. The molecular weight excluding hydrogens is 325 g/mol. The van der Waals surface area contributed by atoms with Gasteiger partial charge < -0.3 is 0 Å². The number of carbonyl (C=O) groups excluding carboxylic acids is 3. The Hall–Kier alpha value is -3.06. The molecule has 0 radical (unpaired) electrons. The summed E-state index contributed by atoms with van der Waals surface area (Å²) in [7, 11) is 0. The minimum Gasteiger partial charge on any atom is -0.287 e. The number of rotatable bonds is 4. The van der Waals surface area contributed by atoms with Gasteiger partial charge in [-0.1, -0.05) is 17.7 Å². The fourth-order valence-corrected chi connectivity index (χ4v) is 2.54. The van der Waals surface area contributed by atoms with Crippen LogP contribution in [0.1, 0.15) is 22.3 Å². The van der Waals surface area contributed by atoms with Gasteiger partial charge in [0.15, 0.2) is 0 Å². The van der Waals surface area contributed by atoms with E-state index in [0.717, 1.165) is 10.5 Å². The second-order valence-electron chi connectivity index (χ2n) is 5.77. The maximum atomic E-state index is 13.0. The topological polar surface area (TPSA) is 78.5 Å². The lowest BCUT2D eigenvalue weighted by Gasteiger charge is -2.16. The van der Waals surface area contributed by atoms with Gasteiger partial charge in [-0.2, -0.15) is 0 Å². The van der Waals surface area contributed by atoms with E-state index < -0.39 is 29.6 Å². The van der Waals surface area contributed by atoms with E-state index in [-0.39, 0.29) is 6.42 Å². The van der Waals surface area contributed by atoms with Gasteiger partial charge >= 0.3 is 0 Å². The minimum atomic E-state index is -0.869. The summed E-state index contributed by atoms with van der Waals surface area (Å²) in [6.45, 7) is 1.91. The number of nitrogens with zero attached hydrogens (tertiary/aromatic N) is 1. The van der Waals surface area contributed by atoms with Gasteiger partial charge in [-0.05, 0) is 43.3 Å². The van der Waals surface area contributed by atoms with Crippen molar-refractivity contribution in [2.45, 2.75) is 19.4 Å². The fraction of sp³-hybridized carbons (Fsp3) is 0.167. The molecule has 0 aromatic heterocycles. The van der Waals surface area contributed by atoms with Gasteiger partial charge in [0.2, 0.25) is 5.91 Å². The van der Waals surface area contributed by atoms with E-state index in [9.17, 15) is 18.8 Å². The van der Waals surface area contributed by atoms with Crippen molar-refractivity contribution in [2.24, 2.45) is 0 Å². The molecule has 1 fully saturated rings. The van der Waals surface area contributed by atoms with Crippen LogP contribution in [-0.4, -0.2) is 23.8 Å². The van der Waals surface area contributed by atoms with Crippen molar-refractivity contribution in [1.82, 2.24) is 10.9 Å². The first-order valence-corrected chi connectivity index (χ1v) is 7.70. The number of hydrogen-bond acceptors (Lipinski definition) is 4. The molecule has 2 N–H and O–H groups in total. The van der Waals surface area contributed by atoms with Gasteiger partial charge in [-0.15, -0.1) is 0 Å². The first-order valence-electron chi connectivity index (χ1n) is 7.70. The highest BCUT2D eigenvalue weighted by molar-refractivity contribution is 6.22. The van der Waals surface area contributed by atoms with E-state index in [1.807, 2.05) is 6.92 Å². The maximum absolute atomic E-state index is 13.0. The van der Waals surface area contributed by atoms with Crippen LogP contribution < -0.4 is 15.8 Å². The molecule has 0 spiro atoms. The van der Waals surface area contributed by atoms with Crippen molar-refractivity contribution in [3.8, 4) is 0 Å². The first-order chi connectivity index (χ1) is 12.0. The Morgan fingerprint density at radius 3 is 2.36 bits per heavy atom. The van der Waals surface area contributed by atoms with Gasteiger partial charge in [0.25, 0.3) is 11.8 Å². The summed E-state index contributed by atoms with van der Waals surface area (Å²) in [5.41, 5.74) is 6.80. The van der Waals surface area contributed by atoms with Crippen LogP contribution in [0.3, 0.4) is 0 Å². The monoisotopic (exact) mass is 341 g/mol. The third-order valence-corrected chi connectivity index (χ3v) is 3.91. The molecule has 0 bridgehead atoms. The molecule has 1 heterocycles. The highest BCUT2D eigenvalue weighted by atomic mass is 19.1. The quantitative estimate of drug-likeness (QED) is 0.655. The first kappa shape index (κ1) is 16.8. The number of imide groups is 1. The van der Waals surface area contributed by atoms with Crippen LogP contribution in [0.4, 0.5) is 10.1 Å². The van der Waals surface area contributed by atoms with E-state index in [0.29, 0.717) is 11.3 Å². The Labute approximate surface area is 143 Å². The van der Waals surface area contributed by atoms with Crippen LogP contribution in [0, 0.1) is 12.7 Å². The molecule has 3 rings (SSSR count). The van der Waals surface area contributed by atoms with Crippen molar-refractivity contribution < 1.29 is 18.8 Å². The third kappa shape index (κ3) is 3.56. The minimum absolute atomic E-state index is 0.0929. The lowest BCUT2D eigenvalue weighted by Crippen LogP contribution is -2.48. The standard InChI is InChI=1S/C18H16FN3O3/c1-11-2-4-12(5-3-11)17(24)21-20-15-10-16(23)22(18(15)25)14-8-6-13(19)7-9-14/h2-9,15,20H,10H2,1H3,(H,21,24)/t15-/m1/s1. The van der Waals surface area contributed by atoms with E-state index in [1.165, 1.54) is 24.3 Å². The molecule has 0 unspecified atom stereocenters. The molecule has 0 aliphatic carbocycles. The van der Waals surface area contributed by atoms with E-state index in [4.69, 9.17) is 0 Å². The van der Waals surface area contributed by atoms with E-state index in [1.54, 1.807) is 24.3 Å². The van der Waals surface area contributed by atoms with E-state index in [2.05, 4.69) is 10.9 Å². The molecule has 2 aromatic rings. The van der Waals surface area contributed by atoms with Gasteiger partial charge in [0.1, 0.15) is 11.9 Å². The Balaban J connectivity index is 1.65. The van der Waals surface area contributed by atoms with Crippen LogP contribution in [0.2, 0.25) is 0 Å². The predicted molar refractivity (Wildman–Crippen MR) is 89.1 cm³/mol. The second-order valence-corrected chi connectivity index (χ2v) is 5.77. The molecule has 7 heteroatoms. The van der Waals surface area contributed by atoms with Crippen LogP contribution in [-0.2, 0) is 9.59 Å². The Bertz CT molecular complexity index is 818. The molecule has 2 aromatic carbocycles. The molecule has 3 amide bonds. The summed E-state index contributed by atoms with van der Waals surface area (Å²) >= 11 is 0. The molecule has 1 atom stereocenters. The molecule has 1 aliphatic heterocycles. The largest absolute Gasteiger partial charge is 0.287 e. The summed E-state index contributed by atoms with van der Waals surface area (Å²) in [5.74, 6) is -1.78. The van der Waals surface area contributed by atoms with Crippen LogP contribution in [0.5, 0.6) is 0 Å². The number of carbonyl (C=O) groups is 3. The number of hydrogen-bond donors (Lipinski definition) is 2. The molecular formula is C18H16FN3O3. The zero-order chi connectivity index (χ0) is 18.0. The van der Waals surface area contributed by atoms with Crippen molar-refractivity contribution in [1.29, 1.82) is 0 Å². The smallest absolute Gasteiger partial charge is 0.265 e. The zero-order valence-corrected chi connectivity index (χ0v) is 13.5. The molecule has 6 nitrogen and oxygen atoms in total. The summed E-state index contributed by atoms with van der Waals surface area (Å²) in [4.78, 5) is 37.5. The number of amides is 3. The maximum Gasteiger partial charge on any atom is 0.265 e. The third-order valence-electron chi connectivity index (χ3n) is 3.91. The average Bonchev–Trinajstić information content (AvgIpc) is 2.88. The van der Waals surface area contributed by atoms with Gasteiger partial charge in [-0.25, -0.2) is 14.7 Å². The van der Waals surface area contributed by atoms with E-state index >= 15 is 0 Å². The Morgan fingerprint density at radius 1 is 1.08 bits per heavy atom. The van der Waals surface area contributed by atoms with Gasteiger partial charge in [0.05, 0.1) is 12.1 Å². The fourth-order valence-electron chi connectivity index (χ4n) is 2.54. The van der Waals surface area contributed by atoms with Crippen molar-refractivity contribution in [2.75, 3.05) is 4.90 Å². The summed E-state index contributed by atoms with van der Waals surface area (Å²) < 4.78 is 13.0. The molecule has 1 aliphatic rings. The normalized spacial score (nSPS) is 17.0. The van der Waals surface area contributed by atoms with Crippen molar-refractivity contribution in [3.05, 3.63) is 65.5 Å².